The van der Waals surface area contributed by atoms with E-state index in [2.05, 4.69) is 56.1 Å². The minimum Gasteiger partial charge on any atom is -0.294 e. The maximum atomic E-state index is 12.9. The number of amides is 1. The minimum atomic E-state index is 0.0966. The Morgan fingerprint density at radius 2 is 1.76 bits per heavy atom. The van der Waals surface area contributed by atoms with Crippen LogP contribution in [0.1, 0.15) is 27.0 Å². The van der Waals surface area contributed by atoms with Crippen LogP contribution in [0.15, 0.2) is 54.6 Å². The molecule has 1 aliphatic rings. The van der Waals surface area contributed by atoms with Gasteiger partial charge in [-0.2, -0.15) is 0 Å². The number of hydrogen-bond acceptors (Lipinski definition) is 2. The summed E-state index contributed by atoms with van der Waals surface area (Å²) in [5, 5.41) is 2.21. The van der Waals surface area contributed by atoms with Crippen LogP contribution in [0.4, 0.5) is 5.69 Å². The molecule has 0 unspecified atom stereocenters. The van der Waals surface area contributed by atoms with Crippen molar-refractivity contribution < 1.29 is 4.79 Å². The average molecular weight is 330 g/mol. The van der Waals surface area contributed by atoms with Gasteiger partial charge < -0.3 is 0 Å². The van der Waals surface area contributed by atoms with E-state index in [1.165, 1.54) is 16.7 Å². The first-order valence-electron chi connectivity index (χ1n) is 8.63. The number of hydrogen-bond donors (Lipinski definition) is 0. The Morgan fingerprint density at radius 3 is 2.52 bits per heavy atom. The van der Waals surface area contributed by atoms with E-state index in [1.807, 2.05) is 29.2 Å². The lowest BCUT2D eigenvalue weighted by atomic mass is 10.1. The van der Waals surface area contributed by atoms with Crippen LogP contribution in [0.25, 0.3) is 10.8 Å². The van der Waals surface area contributed by atoms with Crippen LogP contribution in [-0.2, 0) is 6.54 Å². The van der Waals surface area contributed by atoms with Crippen molar-refractivity contribution in [2.75, 3.05) is 18.6 Å². The molecule has 4 rings (SSSR count). The molecule has 0 aromatic heterocycles. The highest BCUT2D eigenvalue weighted by molar-refractivity contribution is 6.24. The summed E-state index contributed by atoms with van der Waals surface area (Å²) in [7, 11) is 2.07. The number of nitrogens with zero attached hydrogens (tertiary/aromatic N) is 2. The van der Waals surface area contributed by atoms with Crippen molar-refractivity contribution in [1.29, 1.82) is 0 Å². The summed E-state index contributed by atoms with van der Waals surface area (Å²) in [5.41, 5.74) is 5.71. The zero-order valence-electron chi connectivity index (χ0n) is 14.9. The Labute approximate surface area is 148 Å². The molecular formula is C22H22N2O. The Hall–Kier alpha value is -2.65. The molecule has 1 amide bonds. The topological polar surface area (TPSA) is 23.6 Å². The Kier molecular flexibility index (Phi) is 3.81. The SMILES string of the molecule is Cc1ccc(CN(C)CN2C(=O)c3cccc4cccc2c34)c(C)c1. The molecule has 0 radical (unpaired) electrons. The van der Waals surface area contributed by atoms with Gasteiger partial charge in [-0.15, -0.1) is 0 Å². The Morgan fingerprint density at radius 1 is 1.00 bits per heavy atom. The van der Waals surface area contributed by atoms with Crippen LogP contribution < -0.4 is 4.90 Å². The zero-order valence-corrected chi connectivity index (χ0v) is 14.9. The Bertz CT molecular complexity index is 972. The number of anilines is 1. The second-order valence-electron chi connectivity index (χ2n) is 7.00. The van der Waals surface area contributed by atoms with Crippen LogP contribution in [0, 0.1) is 13.8 Å². The summed E-state index contributed by atoms with van der Waals surface area (Å²) in [6, 6.07) is 18.6. The molecule has 3 aromatic carbocycles. The highest BCUT2D eigenvalue weighted by Crippen LogP contribution is 2.37. The van der Waals surface area contributed by atoms with Crippen molar-refractivity contribution in [3.05, 3.63) is 76.9 Å². The monoisotopic (exact) mass is 330 g/mol. The summed E-state index contributed by atoms with van der Waals surface area (Å²) in [4.78, 5) is 17.0. The maximum absolute atomic E-state index is 12.9. The van der Waals surface area contributed by atoms with E-state index in [0.717, 1.165) is 28.6 Å². The van der Waals surface area contributed by atoms with Gasteiger partial charge in [0, 0.05) is 17.5 Å². The molecule has 3 aromatic rings. The molecule has 0 aliphatic carbocycles. The summed E-state index contributed by atoms with van der Waals surface area (Å²) in [5.74, 6) is 0.0966. The summed E-state index contributed by atoms with van der Waals surface area (Å²) in [6.45, 7) is 5.66. The molecule has 3 nitrogen and oxygen atoms in total. The predicted octanol–water partition coefficient (Wildman–Crippen LogP) is 4.51. The fourth-order valence-corrected chi connectivity index (χ4v) is 3.72. The van der Waals surface area contributed by atoms with Gasteiger partial charge in [0.05, 0.1) is 12.4 Å². The fourth-order valence-electron chi connectivity index (χ4n) is 3.72. The molecule has 0 fully saturated rings. The van der Waals surface area contributed by atoms with Crippen LogP contribution >= 0.6 is 0 Å². The van der Waals surface area contributed by atoms with E-state index in [-0.39, 0.29) is 5.91 Å². The van der Waals surface area contributed by atoms with Crippen LogP contribution in [-0.4, -0.2) is 24.5 Å². The zero-order chi connectivity index (χ0) is 17.6. The molecule has 0 atom stereocenters. The van der Waals surface area contributed by atoms with Crippen LogP contribution in [0.3, 0.4) is 0 Å². The molecule has 126 valence electrons. The third-order valence-corrected chi connectivity index (χ3v) is 4.97. The van der Waals surface area contributed by atoms with Crippen molar-refractivity contribution in [2.45, 2.75) is 20.4 Å². The van der Waals surface area contributed by atoms with Crippen molar-refractivity contribution >= 4 is 22.4 Å². The first-order chi connectivity index (χ1) is 12.0. The average Bonchev–Trinajstić information content (AvgIpc) is 2.86. The van der Waals surface area contributed by atoms with Crippen LogP contribution in [0.2, 0.25) is 0 Å². The van der Waals surface area contributed by atoms with Gasteiger partial charge in [0.25, 0.3) is 5.91 Å². The molecule has 0 saturated heterocycles. The van der Waals surface area contributed by atoms with E-state index in [0.29, 0.717) is 6.67 Å². The van der Waals surface area contributed by atoms with E-state index in [4.69, 9.17) is 0 Å². The van der Waals surface area contributed by atoms with E-state index in [9.17, 15) is 4.79 Å². The molecule has 0 bridgehead atoms. The van der Waals surface area contributed by atoms with Gasteiger partial charge in [0.15, 0.2) is 0 Å². The Balaban J connectivity index is 1.59. The van der Waals surface area contributed by atoms with Gasteiger partial charge in [0.1, 0.15) is 0 Å². The number of rotatable bonds is 4. The maximum Gasteiger partial charge on any atom is 0.260 e. The molecule has 0 N–H and O–H groups in total. The molecule has 0 saturated carbocycles. The standard InChI is InChI=1S/C22H22N2O/c1-15-10-11-18(16(2)12-15)13-23(3)14-24-20-9-5-7-17-6-4-8-19(21(17)20)22(24)25/h4-12H,13-14H2,1-3H3. The van der Waals surface area contributed by atoms with Crippen molar-refractivity contribution in [3.8, 4) is 0 Å². The quantitative estimate of drug-likeness (QED) is 0.703. The predicted molar refractivity (Wildman–Crippen MR) is 103 cm³/mol. The third-order valence-electron chi connectivity index (χ3n) is 4.97. The lowest BCUT2D eigenvalue weighted by molar-refractivity contribution is 0.0977. The summed E-state index contributed by atoms with van der Waals surface area (Å²) < 4.78 is 0. The largest absolute Gasteiger partial charge is 0.294 e. The van der Waals surface area contributed by atoms with Gasteiger partial charge in [-0.3, -0.25) is 14.6 Å². The molecule has 25 heavy (non-hydrogen) atoms. The summed E-state index contributed by atoms with van der Waals surface area (Å²) >= 11 is 0. The van der Waals surface area contributed by atoms with Crippen molar-refractivity contribution in [2.24, 2.45) is 0 Å². The fraction of sp³-hybridized carbons (Fsp3) is 0.227. The minimum absolute atomic E-state index is 0.0966. The lowest BCUT2D eigenvalue weighted by Crippen LogP contribution is -2.37. The molecule has 1 aliphatic heterocycles. The number of carbonyl (C=O) groups excluding carboxylic acids is 1. The highest BCUT2D eigenvalue weighted by atomic mass is 16.2. The van der Waals surface area contributed by atoms with Gasteiger partial charge in [-0.05, 0) is 49.5 Å². The summed E-state index contributed by atoms with van der Waals surface area (Å²) in [6.07, 6.45) is 0. The molecule has 3 heteroatoms. The molecule has 1 heterocycles. The van der Waals surface area contributed by atoms with Crippen LogP contribution in [0.5, 0.6) is 0 Å². The number of benzene rings is 3. The van der Waals surface area contributed by atoms with E-state index in [1.54, 1.807) is 0 Å². The number of carbonyl (C=O) groups is 1. The first-order valence-corrected chi connectivity index (χ1v) is 8.63. The van der Waals surface area contributed by atoms with Gasteiger partial charge in [-0.25, -0.2) is 0 Å². The van der Waals surface area contributed by atoms with Crippen molar-refractivity contribution in [1.82, 2.24) is 4.90 Å². The van der Waals surface area contributed by atoms with Gasteiger partial charge in [0.2, 0.25) is 0 Å². The molecular weight excluding hydrogens is 308 g/mol. The van der Waals surface area contributed by atoms with E-state index >= 15 is 0 Å². The number of aryl methyl sites for hydroxylation is 2. The second kappa shape index (κ2) is 6.01. The normalized spacial score (nSPS) is 13.3. The van der Waals surface area contributed by atoms with Gasteiger partial charge in [-0.1, -0.05) is 48.0 Å². The smallest absolute Gasteiger partial charge is 0.260 e. The second-order valence-corrected chi connectivity index (χ2v) is 7.00. The van der Waals surface area contributed by atoms with E-state index < -0.39 is 0 Å². The first kappa shape index (κ1) is 15.9. The van der Waals surface area contributed by atoms with Gasteiger partial charge >= 0.3 is 0 Å². The molecule has 0 spiro atoms. The third kappa shape index (κ3) is 2.71. The highest BCUT2D eigenvalue weighted by Gasteiger charge is 2.30. The van der Waals surface area contributed by atoms with Crippen molar-refractivity contribution in [3.63, 3.8) is 0 Å². The lowest BCUT2D eigenvalue weighted by Gasteiger charge is -2.25.